The van der Waals surface area contributed by atoms with Gasteiger partial charge in [0.15, 0.2) is 0 Å². The number of carbonyl (C=O) groups excluding carboxylic acids is 1. The zero-order chi connectivity index (χ0) is 15.2. The van der Waals surface area contributed by atoms with E-state index in [-0.39, 0.29) is 0 Å². The van der Waals surface area contributed by atoms with E-state index >= 15 is 0 Å². The normalized spacial score (nSPS) is 10.2. The summed E-state index contributed by atoms with van der Waals surface area (Å²) in [4.78, 5) is 11.6. The number of esters is 1. The summed E-state index contributed by atoms with van der Waals surface area (Å²) in [6.45, 7) is 2.78. The second-order valence-corrected chi connectivity index (χ2v) is 4.78. The maximum atomic E-state index is 11.6. The van der Waals surface area contributed by atoms with E-state index in [1.54, 1.807) is 12.1 Å². The number of anilines is 2. The smallest absolute Gasteiger partial charge is 0.340 e. The number of hydrogen-bond acceptors (Lipinski definition) is 4. The lowest BCUT2D eigenvalue weighted by molar-refractivity contribution is 0.0602. The van der Waals surface area contributed by atoms with Gasteiger partial charge in [0.25, 0.3) is 0 Å². The Morgan fingerprint density at radius 3 is 2.43 bits per heavy atom. The maximum absolute atomic E-state index is 11.6. The van der Waals surface area contributed by atoms with Crippen LogP contribution in [0.25, 0.3) is 0 Å². The van der Waals surface area contributed by atoms with E-state index in [0.717, 1.165) is 17.7 Å². The van der Waals surface area contributed by atoms with Crippen LogP contribution >= 0.6 is 0 Å². The minimum Gasteiger partial charge on any atom is -0.465 e. The Morgan fingerprint density at radius 2 is 1.81 bits per heavy atom. The van der Waals surface area contributed by atoms with Crippen LogP contribution in [0.5, 0.6) is 0 Å². The van der Waals surface area contributed by atoms with Gasteiger partial charge in [0, 0.05) is 6.54 Å². The first-order chi connectivity index (χ1) is 10.2. The quantitative estimate of drug-likeness (QED) is 0.653. The summed E-state index contributed by atoms with van der Waals surface area (Å²) in [6.07, 6.45) is 1.03. The molecule has 0 saturated heterocycles. The van der Waals surface area contributed by atoms with Gasteiger partial charge in [-0.25, -0.2) is 4.79 Å². The van der Waals surface area contributed by atoms with Gasteiger partial charge in [-0.3, -0.25) is 0 Å². The Labute approximate surface area is 124 Å². The number of ether oxygens (including phenoxy) is 1. The molecule has 0 atom stereocenters. The van der Waals surface area contributed by atoms with Gasteiger partial charge in [-0.2, -0.15) is 0 Å². The lowest BCUT2D eigenvalue weighted by Crippen LogP contribution is -2.09. The van der Waals surface area contributed by atoms with E-state index in [0.29, 0.717) is 17.8 Å². The van der Waals surface area contributed by atoms with Gasteiger partial charge >= 0.3 is 5.97 Å². The average Bonchev–Trinajstić information content (AvgIpc) is 2.53. The van der Waals surface area contributed by atoms with Crippen molar-refractivity contribution in [1.82, 2.24) is 0 Å². The van der Waals surface area contributed by atoms with Crippen LogP contribution in [-0.2, 0) is 17.7 Å². The van der Waals surface area contributed by atoms with Crippen LogP contribution in [0.4, 0.5) is 11.4 Å². The first-order valence-corrected chi connectivity index (χ1v) is 6.94. The summed E-state index contributed by atoms with van der Waals surface area (Å²) >= 11 is 0. The van der Waals surface area contributed by atoms with Gasteiger partial charge < -0.3 is 15.8 Å². The molecule has 0 saturated carbocycles. The number of carbonyl (C=O) groups is 1. The van der Waals surface area contributed by atoms with Gasteiger partial charge in [-0.15, -0.1) is 0 Å². The first-order valence-electron chi connectivity index (χ1n) is 6.94. The molecule has 0 fully saturated rings. The number of hydrogen-bond donors (Lipinski definition) is 2. The highest BCUT2D eigenvalue weighted by Crippen LogP contribution is 2.24. The van der Waals surface area contributed by atoms with Crippen LogP contribution in [0.3, 0.4) is 0 Å². The highest BCUT2D eigenvalue weighted by Gasteiger charge is 2.12. The van der Waals surface area contributed by atoms with Crippen LogP contribution in [-0.4, -0.2) is 13.1 Å². The number of methoxy groups -OCH3 is 1. The zero-order valence-corrected chi connectivity index (χ0v) is 12.3. The molecular formula is C17H20N2O2. The Bertz CT molecular complexity index is 621. The molecule has 0 amide bonds. The van der Waals surface area contributed by atoms with E-state index in [2.05, 4.69) is 36.5 Å². The number of rotatable bonds is 5. The minimum atomic E-state index is -0.427. The fraction of sp³-hybridized carbons (Fsp3) is 0.235. The monoisotopic (exact) mass is 284 g/mol. The molecule has 0 bridgehead atoms. The Morgan fingerprint density at radius 1 is 1.14 bits per heavy atom. The fourth-order valence-electron chi connectivity index (χ4n) is 2.10. The molecule has 4 nitrogen and oxygen atoms in total. The molecule has 0 radical (unpaired) electrons. The van der Waals surface area contributed by atoms with Crippen LogP contribution in [0.1, 0.15) is 28.4 Å². The van der Waals surface area contributed by atoms with Crippen LogP contribution in [0.15, 0.2) is 42.5 Å². The molecule has 2 aromatic carbocycles. The summed E-state index contributed by atoms with van der Waals surface area (Å²) in [5, 5.41) is 3.25. The molecule has 4 heteroatoms. The molecular weight excluding hydrogens is 264 g/mol. The standard InChI is InChI=1S/C17H20N2O2/c1-3-12-7-9-13(10-8-12)11-19-15-6-4-5-14(16(15)18)17(20)21-2/h4-10,19H,3,11,18H2,1-2H3. The van der Waals surface area contributed by atoms with Crippen molar-refractivity contribution in [2.75, 3.05) is 18.2 Å². The Kier molecular flexibility index (Phi) is 4.82. The van der Waals surface area contributed by atoms with E-state index in [4.69, 9.17) is 10.5 Å². The summed E-state index contributed by atoms with van der Waals surface area (Å²) < 4.78 is 4.71. The van der Waals surface area contributed by atoms with Crippen molar-refractivity contribution in [2.24, 2.45) is 0 Å². The van der Waals surface area contributed by atoms with Gasteiger partial charge in [-0.05, 0) is 29.7 Å². The highest BCUT2D eigenvalue weighted by atomic mass is 16.5. The molecule has 0 heterocycles. The van der Waals surface area contributed by atoms with Gasteiger partial charge in [0.2, 0.25) is 0 Å². The largest absolute Gasteiger partial charge is 0.465 e. The molecule has 0 unspecified atom stereocenters. The molecule has 2 aromatic rings. The molecule has 3 N–H and O–H groups in total. The third-order valence-corrected chi connectivity index (χ3v) is 3.43. The molecule has 0 aromatic heterocycles. The van der Waals surface area contributed by atoms with Crippen molar-refractivity contribution in [2.45, 2.75) is 19.9 Å². The molecule has 0 aliphatic rings. The Hall–Kier alpha value is -2.49. The molecule has 0 aliphatic carbocycles. The third-order valence-electron chi connectivity index (χ3n) is 3.43. The second-order valence-electron chi connectivity index (χ2n) is 4.78. The van der Waals surface area contributed by atoms with Crippen molar-refractivity contribution < 1.29 is 9.53 Å². The predicted molar refractivity (Wildman–Crippen MR) is 85.3 cm³/mol. The number of benzene rings is 2. The number of nitrogen functional groups attached to an aromatic ring is 1. The van der Waals surface area contributed by atoms with E-state index in [9.17, 15) is 4.79 Å². The molecule has 21 heavy (non-hydrogen) atoms. The lowest BCUT2D eigenvalue weighted by atomic mass is 10.1. The number of nitrogens with one attached hydrogen (secondary N) is 1. The number of aryl methyl sites for hydroxylation is 1. The zero-order valence-electron chi connectivity index (χ0n) is 12.3. The van der Waals surface area contributed by atoms with Crippen LogP contribution < -0.4 is 11.1 Å². The number of para-hydroxylation sites is 1. The van der Waals surface area contributed by atoms with Crippen LogP contribution in [0, 0.1) is 0 Å². The molecule has 0 aliphatic heterocycles. The van der Waals surface area contributed by atoms with E-state index in [1.165, 1.54) is 12.7 Å². The van der Waals surface area contributed by atoms with Crippen molar-refractivity contribution in [3.05, 3.63) is 59.2 Å². The van der Waals surface area contributed by atoms with Crippen LogP contribution in [0.2, 0.25) is 0 Å². The predicted octanol–water partition coefficient (Wildman–Crippen LogP) is 3.23. The highest BCUT2D eigenvalue weighted by molar-refractivity contribution is 5.98. The van der Waals surface area contributed by atoms with E-state index in [1.807, 2.05) is 6.07 Å². The number of nitrogens with two attached hydrogens (primary N) is 1. The lowest BCUT2D eigenvalue weighted by Gasteiger charge is -2.12. The van der Waals surface area contributed by atoms with E-state index < -0.39 is 5.97 Å². The van der Waals surface area contributed by atoms with Gasteiger partial charge in [0.05, 0.1) is 24.0 Å². The first kappa shape index (κ1) is 14.9. The summed E-state index contributed by atoms with van der Waals surface area (Å²) in [5.41, 5.74) is 10.0. The van der Waals surface area contributed by atoms with Gasteiger partial charge in [-0.1, -0.05) is 37.3 Å². The summed E-state index contributed by atoms with van der Waals surface area (Å²) in [5.74, 6) is -0.427. The molecule has 0 spiro atoms. The fourth-order valence-corrected chi connectivity index (χ4v) is 2.10. The summed E-state index contributed by atoms with van der Waals surface area (Å²) in [6, 6.07) is 13.7. The van der Waals surface area contributed by atoms with Crippen molar-refractivity contribution in [3.8, 4) is 0 Å². The maximum Gasteiger partial charge on any atom is 0.340 e. The third kappa shape index (κ3) is 3.54. The van der Waals surface area contributed by atoms with Crippen molar-refractivity contribution in [1.29, 1.82) is 0 Å². The molecule has 2 rings (SSSR count). The van der Waals surface area contributed by atoms with Gasteiger partial charge in [0.1, 0.15) is 0 Å². The average molecular weight is 284 g/mol. The topological polar surface area (TPSA) is 64.3 Å². The van der Waals surface area contributed by atoms with Crippen molar-refractivity contribution in [3.63, 3.8) is 0 Å². The summed E-state index contributed by atoms with van der Waals surface area (Å²) in [7, 11) is 1.34. The Balaban J connectivity index is 2.10. The minimum absolute atomic E-state index is 0.379. The van der Waals surface area contributed by atoms with Crippen molar-refractivity contribution >= 4 is 17.3 Å². The molecule has 110 valence electrons. The SMILES string of the molecule is CCc1ccc(CNc2cccc(C(=O)OC)c2N)cc1. The second kappa shape index (κ2) is 6.79.